The number of carbonyl (C=O) groups is 2. The maximum absolute atomic E-state index is 12.3. The summed E-state index contributed by atoms with van der Waals surface area (Å²) in [6.07, 6.45) is 7.07. The van der Waals surface area contributed by atoms with Gasteiger partial charge in [-0.25, -0.2) is 0 Å². The van der Waals surface area contributed by atoms with Gasteiger partial charge in [0.05, 0.1) is 6.54 Å². The van der Waals surface area contributed by atoms with E-state index < -0.39 is 0 Å². The van der Waals surface area contributed by atoms with Crippen molar-refractivity contribution in [2.45, 2.75) is 20.8 Å². The van der Waals surface area contributed by atoms with Crippen LogP contribution in [0.1, 0.15) is 18.1 Å². The van der Waals surface area contributed by atoms with Crippen LogP contribution in [0.15, 0.2) is 42.5 Å². The molecule has 0 radical (unpaired) electrons. The number of aryl methyl sites for hydroxylation is 2. The van der Waals surface area contributed by atoms with Gasteiger partial charge in [0.1, 0.15) is 0 Å². The molecule has 0 spiro atoms. The van der Waals surface area contributed by atoms with E-state index in [1.165, 1.54) is 0 Å². The van der Waals surface area contributed by atoms with E-state index in [2.05, 4.69) is 10.2 Å². The van der Waals surface area contributed by atoms with Gasteiger partial charge >= 0.3 is 0 Å². The lowest BCUT2D eigenvalue weighted by molar-refractivity contribution is -0.128. The van der Waals surface area contributed by atoms with Crippen molar-refractivity contribution in [3.8, 4) is 0 Å². The van der Waals surface area contributed by atoms with Crippen molar-refractivity contribution >= 4 is 17.5 Å². The molecule has 1 N–H and O–H groups in total. The van der Waals surface area contributed by atoms with Crippen molar-refractivity contribution in [2.24, 2.45) is 0 Å². The molecule has 1 aromatic carbocycles. The third kappa shape index (κ3) is 5.57. The van der Waals surface area contributed by atoms with E-state index in [1.54, 1.807) is 12.2 Å². The molecule has 0 unspecified atom stereocenters. The molecule has 1 aliphatic rings. The maximum Gasteiger partial charge on any atom is 0.246 e. The standard InChI is InChI=1S/C20H27N3O2/c1-4-5-6-10-19(25)23-13-11-22(12-14-23)15-18(24)21-20-16(2)8-7-9-17(20)3/h4-10H,11-15H2,1-3H3,(H,21,24)/b5-4+,10-6+. The zero-order valence-corrected chi connectivity index (χ0v) is 15.3. The Labute approximate surface area is 150 Å². The van der Waals surface area contributed by atoms with E-state index >= 15 is 0 Å². The van der Waals surface area contributed by atoms with Crippen LogP contribution in [0.5, 0.6) is 0 Å². The number of hydrogen-bond acceptors (Lipinski definition) is 3. The first kappa shape index (κ1) is 18.9. The van der Waals surface area contributed by atoms with E-state index in [0.29, 0.717) is 32.7 Å². The fraction of sp³-hybridized carbons (Fsp3) is 0.400. The lowest BCUT2D eigenvalue weighted by Crippen LogP contribution is -2.50. The van der Waals surface area contributed by atoms with E-state index in [9.17, 15) is 9.59 Å². The van der Waals surface area contributed by atoms with Crippen LogP contribution in [0.2, 0.25) is 0 Å². The van der Waals surface area contributed by atoms with Gasteiger partial charge in [0.15, 0.2) is 0 Å². The van der Waals surface area contributed by atoms with Gasteiger partial charge in [-0.1, -0.05) is 36.4 Å². The van der Waals surface area contributed by atoms with Crippen LogP contribution >= 0.6 is 0 Å². The second-order valence-electron chi connectivity index (χ2n) is 6.30. The minimum atomic E-state index is -0.00912. The molecule has 1 fully saturated rings. The van der Waals surface area contributed by atoms with Crippen LogP contribution in [0, 0.1) is 13.8 Å². The SMILES string of the molecule is C/C=C/C=C/C(=O)N1CCN(CC(=O)Nc2c(C)cccc2C)CC1. The third-order valence-corrected chi connectivity index (χ3v) is 4.34. The smallest absolute Gasteiger partial charge is 0.246 e. The van der Waals surface area contributed by atoms with E-state index in [4.69, 9.17) is 0 Å². The molecule has 0 bridgehead atoms. The molecule has 5 heteroatoms. The Morgan fingerprint density at radius 3 is 2.32 bits per heavy atom. The number of para-hydroxylation sites is 1. The minimum Gasteiger partial charge on any atom is -0.337 e. The molecule has 0 aliphatic carbocycles. The monoisotopic (exact) mass is 341 g/mol. The molecule has 25 heavy (non-hydrogen) atoms. The Bertz CT molecular complexity index is 651. The fourth-order valence-corrected chi connectivity index (χ4v) is 2.87. The first-order chi connectivity index (χ1) is 12.0. The number of piperazine rings is 1. The zero-order chi connectivity index (χ0) is 18.2. The van der Waals surface area contributed by atoms with Gasteiger partial charge in [-0.05, 0) is 31.9 Å². The number of allylic oxidation sites excluding steroid dienone is 3. The van der Waals surface area contributed by atoms with Crippen LogP contribution in [0.4, 0.5) is 5.69 Å². The van der Waals surface area contributed by atoms with Gasteiger partial charge < -0.3 is 10.2 Å². The molecular formula is C20H27N3O2. The molecule has 1 aliphatic heterocycles. The summed E-state index contributed by atoms with van der Waals surface area (Å²) >= 11 is 0. The van der Waals surface area contributed by atoms with E-state index in [-0.39, 0.29) is 11.8 Å². The molecule has 134 valence electrons. The summed E-state index contributed by atoms with van der Waals surface area (Å²) in [5, 5.41) is 3.01. The predicted octanol–water partition coefficient (Wildman–Crippen LogP) is 2.52. The summed E-state index contributed by atoms with van der Waals surface area (Å²) in [4.78, 5) is 28.3. The van der Waals surface area contributed by atoms with Gasteiger partial charge in [0.2, 0.25) is 11.8 Å². The van der Waals surface area contributed by atoms with Crippen LogP contribution in [-0.2, 0) is 9.59 Å². The van der Waals surface area contributed by atoms with Crippen molar-refractivity contribution in [3.05, 3.63) is 53.6 Å². The number of carbonyl (C=O) groups excluding carboxylic acids is 2. The molecule has 0 saturated carbocycles. The maximum atomic E-state index is 12.3. The highest BCUT2D eigenvalue weighted by Gasteiger charge is 2.21. The van der Waals surface area contributed by atoms with Gasteiger partial charge in [-0.3, -0.25) is 14.5 Å². The number of hydrogen-bond donors (Lipinski definition) is 1. The summed E-state index contributed by atoms with van der Waals surface area (Å²) < 4.78 is 0. The van der Waals surface area contributed by atoms with Gasteiger partial charge in [0.25, 0.3) is 0 Å². The molecule has 0 aromatic heterocycles. The number of anilines is 1. The van der Waals surface area contributed by atoms with Gasteiger partial charge in [0, 0.05) is 37.9 Å². The molecule has 1 saturated heterocycles. The highest BCUT2D eigenvalue weighted by Crippen LogP contribution is 2.19. The van der Waals surface area contributed by atoms with Crippen LogP contribution in [-0.4, -0.2) is 54.3 Å². The fourth-order valence-electron chi connectivity index (χ4n) is 2.87. The molecular weight excluding hydrogens is 314 g/mol. The van der Waals surface area contributed by atoms with Crippen molar-refractivity contribution < 1.29 is 9.59 Å². The van der Waals surface area contributed by atoms with Crippen molar-refractivity contribution in [2.75, 3.05) is 38.0 Å². The average Bonchev–Trinajstić information content (AvgIpc) is 2.59. The summed E-state index contributed by atoms with van der Waals surface area (Å²) in [6.45, 7) is 8.97. The highest BCUT2D eigenvalue weighted by molar-refractivity contribution is 5.93. The second-order valence-corrected chi connectivity index (χ2v) is 6.30. The zero-order valence-electron chi connectivity index (χ0n) is 15.3. The summed E-state index contributed by atoms with van der Waals surface area (Å²) in [7, 11) is 0. The second kappa shape index (κ2) is 9.18. The number of benzene rings is 1. The number of amides is 2. The molecule has 1 aromatic rings. The summed E-state index contributed by atoms with van der Waals surface area (Å²) in [5.74, 6) is 0.0166. The molecule has 0 atom stereocenters. The summed E-state index contributed by atoms with van der Waals surface area (Å²) in [5.41, 5.74) is 3.03. The molecule has 2 amide bonds. The Balaban J connectivity index is 1.81. The van der Waals surface area contributed by atoms with E-state index in [0.717, 1.165) is 16.8 Å². The Morgan fingerprint density at radius 1 is 1.08 bits per heavy atom. The Kier molecular flexibility index (Phi) is 6.95. The van der Waals surface area contributed by atoms with Crippen molar-refractivity contribution in [3.63, 3.8) is 0 Å². The van der Waals surface area contributed by atoms with Crippen molar-refractivity contribution in [1.82, 2.24) is 9.80 Å². The normalized spacial score (nSPS) is 15.9. The first-order valence-corrected chi connectivity index (χ1v) is 8.68. The van der Waals surface area contributed by atoms with Crippen LogP contribution in [0.25, 0.3) is 0 Å². The molecule has 2 rings (SSSR count). The Hall–Kier alpha value is -2.40. The van der Waals surface area contributed by atoms with Crippen molar-refractivity contribution in [1.29, 1.82) is 0 Å². The average molecular weight is 341 g/mol. The first-order valence-electron chi connectivity index (χ1n) is 8.68. The minimum absolute atomic E-state index is 0.00912. The molecule has 5 nitrogen and oxygen atoms in total. The predicted molar refractivity (Wildman–Crippen MR) is 102 cm³/mol. The van der Waals surface area contributed by atoms with E-state index in [1.807, 2.05) is 56.0 Å². The van der Waals surface area contributed by atoms with Crippen LogP contribution in [0.3, 0.4) is 0 Å². The number of nitrogens with one attached hydrogen (secondary N) is 1. The summed E-state index contributed by atoms with van der Waals surface area (Å²) in [6, 6.07) is 5.98. The topological polar surface area (TPSA) is 52.7 Å². The lowest BCUT2D eigenvalue weighted by atomic mass is 10.1. The highest BCUT2D eigenvalue weighted by atomic mass is 16.2. The number of nitrogens with zero attached hydrogens (tertiary/aromatic N) is 2. The van der Waals surface area contributed by atoms with Gasteiger partial charge in [-0.15, -0.1) is 0 Å². The van der Waals surface area contributed by atoms with Gasteiger partial charge in [-0.2, -0.15) is 0 Å². The Morgan fingerprint density at radius 2 is 1.72 bits per heavy atom. The lowest BCUT2D eigenvalue weighted by Gasteiger charge is -2.33. The quantitative estimate of drug-likeness (QED) is 0.661. The van der Waals surface area contributed by atoms with Crippen LogP contribution < -0.4 is 5.32 Å². The number of rotatable bonds is 5. The molecule has 1 heterocycles. The largest absolute Gasteiger partial charge is 0.337 e. The third-order valence-electron chi connectivity index (χ3n) is 4.34.